The molecule has 0 saturated carbocycles. The minimum Gasteiger partial charge on any atom is -0.361 e. The second kappa shape index (κ2) is 7.04. The second-order valence-electron chi connectivity index (χ2n) is 6.16. The Bertz CT molecular complexity index is 771. The highest BCUT2D eigenvalue weighted by atomic mass is 32.2. The van der Waals surface area contributed by atoms with Crippen LogP contribution in [0, 0.1) is 13.8 Å². The highest BCUT2D eigenvalue weighted by molar-refractivity contribution is 7.89. The first-order chi connectivity index (χ1) is 11.5. The zero-order chi connectivity index (χ0) is 17.2. The summed E-state index contributed by atoms with van der Waals surface area (Å²) in [5, 5.41) is 7.27. The van der Waals surface area contributed by atoms with Gasteiger partial charge in [0.1, 0.15) is 5.76 Å². The molecule has 0 atom stereocenters. The predicted molar refractivity (Wildman–Crippen MR) is 91.0 cm³/mol. The summed E-state index contributed by atoms with van der Waals surface area (Å²) in [7, 11) is -3.33. The monoisotopic (exact) mass is 349 g/mol. The van der Waals surface area contributed by atoms with Crippen LogP contribution in [-0.2, 0) is 23.1 Å². The second-order valence-corrected chi connectivity index (χ2v) is 8.10. The van der Waals surface area contributed by atoms with Gasteiger partial charge < -0.3 is 9.84 Å². The Balaban J connectivity index is 1.60. The summed E-state index contributed by atoms with van der Waals surface area (Å²) in [5.74, 6) is 0.826. The van der Waals surface area contributed by atoms with Crippen molar-refractivity contribution in [2.24, 2.45) is 0 Å². The molecule has 0 unspecified atom stereocenters. The van der Waals surface area contributed by atoms with Gasteiger partial charge in [0.2, 0.25) is 10.0 Å². The van der Waals surface area contributed by atoms with E-state index in [1.165, 1.54) is 0 Å². The molecule has 3 rings (SSSR count). The quantitative estimate of drug-likeness (QED) is 0.866. The van der Waals surface area contributed by atoms with Gasteiger partial charge in [0, 0.05) is 31.7 Å². The first kappa shape index (κ1) is 17.1. The molecule has 1 N–H and O–H groups in total. The molecule has 2 aromatic rings. The molecule has 130 valence electrons. The van der Waals surface area contributed by atoms with Crippen molar-refractivity contribution in [1.82, 2.24) is 14.8 Å². The summed E-state index contributed by atoms with van der Waals surface area (Å²) in [6, 6.07) is 7.12. The van der Waals surface area contributed by atoms with Crippen LogP contribution in [-0.4, -0.2) is 31.0 Å². The number of hydrogen-bond donors (Lipinski definition) is 1. The predicted octanol–water partition coefficient (Wildman–Crippen LogP) is 2.37. The van der Waals surface area contributed by atoms with Gasteiger partial charge in [-0.05, 0) is 44.4 Å². The number of aryl methyl sites for hydroxylation is 2. The van der Waals surface area contributed by atoms with Gasteiger partial charge in [0.25, 0.3) is 0 Å². The van der Waals surface area contributed by atoms with E-state index >= 15 is 0 Å². The van der Waals surface area contributed by atoms with Crippen LogP contribution in [0.4, 0.5) is 0 Å². The van der Waals surface area contributed by atoms with Gasteiger partial charge in [-0.15, -0.1) is 0 Å². The van der Waals surface area contributed by atoms with Crippen molar-refractivity contribution in [3.63, 3.8) is 0 Å². The number of sulfonamides is 1. The van der Waals surface area contributed by atoms with Crippen LogP contribution < -0.4 is 5.32 Å². The zero-order valence-corrected chi connectivity index (χ0v) is 14.9. The Labute approximate surface area is 142 Å². The summed E-state index contributed by atoms with van der Waals surface area (Å²) < 4.78 is 31.7. The number of benzene rings is 1. The molecule has 0 aliphatic carbocycles. The van der Waals surface area contributed by atoms with E-state index in [0.29, 0.717) is 31.1 Å². The fourth-order valence-corrected chi connectivity index (χ4v) is 4.46. The lowest BCUT2D eigenvalue weighted by Crippen LogP contribution is -2.27. The van der Waals surface area contributed by atoms with Gasteiger partial charge in [-0.3, -0.25) is 0 Å². The fraction of sp³-hybridized carbons (Fsp3) is 0.471. The topological polar surface area (TPSA) is 75.4 Å². The Hall–Kier alpha value is -1.70. The van der Waals surface area contributed by atoms with E-state index in [1.54, 1.807) is 16.4 Å². The van der Waals surface area contributed by atoms with Crippen LogP contribution in [0.1, 0.15) is 35.4 Å². The minimum atomic E-state index is -3.33. The smallest absolute Gasteiger partial charge is 0.243 e. The number of aromatic nitrogens is 1. The van der Waals surface area contributed by atoms with Crippen molar-refractivity contribution >= 4 is 10.0 Å². The molecule has 0 amide bonds. The molecule has 6 nitrogen and oxygen atoms in total. The van der Waals surface area contributed by atoms with Crippen molar-refractivity contribution < 1.29 is 12.9 Å². The van der Waals surface area contributed by atoms with E-state index in [0.717, 1.165) is 35.4 Å². The van der Waals surface area contributed by atoms with E-state index in [1.807, 2.05) is 26.0 Å². The Morgan fingerprint density at radius 3 is 2.38 bits per heavy atom. The molecule has 1 aromatic heterocycles. The third-order valence-corrected chi connectivity index (χ3v) is 6.35. The van der Waals surface area contributed by atoms with E-state index in [4.69, 9.17) is 4.52 Å². The molecule has 1 aromatic carbocycles. The lowest BCUT2D eigenvalue weighted by atomic mass is 10.2. The average molecular weight is 349 g/mol. The van der Waals surface area contributed by atoms with Crippen LogP contribution in [0.5, 0.6) is 0 Å². The molecule has 7 heteroatoms. The van der Waals surface area contributed by atoms with Crippen LogP contribution in [0.15, 0.2) is 33.7 Å². The first-order valence-corrected chi connectivity index (χ1v) is 9.64. The molecule has 1 fully saturated rings. The zero-order valence-electron chi connectivity index (χ0n) is 14.1. The van der Waals surface area contributed by atoms with Crippen molar-refractivity contribution in [3.05, 3.63) is 46.8 Å². The highest BCUT2D eigenvalue weighted by Gasteiger charge is 2.26. The summed E-state index contributed by atoms with van der Waals surface area (Å²) in [5.41, 5.74) is 3.01. The lowest BCUT2D eigenvalue weighted by molar-refractivity contribution is 0.392. The molecule has 0 bridgehead atoms. The van der Waals surface area contributed by atoms with Gasteiger partial charge in [0.05, 0.1) is 10.6 Å². The van der Waals surface area contributed by atoms with Gasteiger partial charge in [-0.25, -0.2) is 8.42 Å². The number of nitrogens with one attached hydrogen (secondary N) is 1. The number of nitrogens with zero attached hydrogens (tertiary/aromatic N) is 2. The van der Waals surface area contributed by atoms with Crippen molar-refractivity contribution in [2.45, 2.75) is 44.7 Å². The summed E-state index contributed by atoms with van der Waals surface area (Å²) >= 11 is 0. The van der Waals surface area contributed by atoms with Gasteiger partial charge in [-0.2, -0.15) is 4.31 Å². The molecular formula is C17H23N3O3S. The first-order valence-electron chi connectivity index (χ1n) is 8.20. The molecule has 1 aliphatic heterocycles. The third kappa shape index (κ3) is 3.53. The minimum absolute atomic E-state index is 0.374. The normalized spacial score (nSPS) is 15.9. The van der Waals surface area contributed by atoms with E-state index < -0.39 is 10.0 Å². The summed E-state index contributed by atoms with van der Waals surface area (Å²) in [6.07, 6.45) is 1.89. The maximum absolute atomic E-state index is 12.5. The van der Waals surface area contributed by atoms with Crippen molar-refractivity contribution in [1.29, 1.82) is 0 Å². The van der Waals surface area contributed by atoms with E-state index in [-0.39, 0.29) is 0 Å². The van der Waals surface area contributed by atoms with Gasteiger partial charge in [-0.1, -0.05) is 17.3 Å². The maximum Gasteiger partial charge on any atom is 0.243 e. The van der Waals surface area contributed by atoms with Crippen LogP contribution >= 0.6 is 0 Å². The maximum atomic E-state index is 12.5. The summed E-state index contributed by atoms with van der Waals surface area (Å²) in [4.78, 5) is 0.374. The average Bonchev–Trinajstić information content (AvgIpc) is 3.21. The standard InChI is InChI=1S/C17H23N3O3S/c1-13-17(14(2)23-19-13)12-18-11-15-5-7-16(8-6-15)24(21,22)20-9-3-4-10-20/h5-8,18H,3-4,9-12H2,1-2H3. The van der Waals surface area contributed by atoms with Crippen molar-refractivity contribution in [3.8, 4) is 0 Å². The third-order valence-electron chi connectivity index (χ3n) is 4.44. The molecular weight excluding hydrogens is 326 g/mol. The molecule has 1 aliphatic rings. The SMILES string of the molecule is Cc1noc(C)c1CNCc1ccc(S(=O)(=O)N2CCCC2)cc1. The van der Waals surface area contributed by atoms with Crippen LogP contribution in [0.3, 0.4) is 0 Å². The Morgan fingerprint density at radius 2 is 1.79 bits per heavy atom. The highest BCUT2D eigenvalue weighted by Crippen LogP contribution is 2.21. The van der Waals surface area contributed by atoms with Crippen LogP contribution in [0.25, 0.3) is 0 Å². The molecule has 24 heavy (non-hydrogen) atoms. The van der Waals surface area contributed by atoms with Crippen LogP contribution in [0.2, 0.25) is 0 Å². The molecule has 2 heterocycles. The Kier molecular flexibility index (Phi) is 5.03. The molecule has 0 spiro atoms. The molecule has 0 radical (unpaired) electrons. The van der Waals surface area contributed by atoms with E-state index in [9.17, 15) is 8.42 Å². The largest absolute Gasteiger partial charge is 0.361 e. The Morgan fingerprint density at radius 1 is 1.12 bits per heavy atom. The molecule has 1 saturated heterocycles. The number of rotatable bonds is 6. The summed E-state index contributed by atoms with van der Waals surface area (Å²) in [6.45, 7) is 6.41. The number of hydrogen-bond acceptors (Lipinski definition) is 5. The lowest BCUT2D eigenvalue weighted by Gasteiger charge is -2.15. The fourth-order valence-electron chi connectivity index (χ4n) is 2.94. The van der Waals surface area contributed by atoms with Gasteiger partial charge in [0.15, 0.2) is 0 Å². The van der Waals surface area contributed by atoms with Gasteiger partial charge >= 0.3 is 0 Å². The van der Waals surface area contributed by atoms with E-state index in [2.05, 4.69) is 10.5 Å². The van der Waals surface area contributed by atoms with Crippen molar-refractivity contribution in [2.75, 3.05) is 13.1 Å².